The van der Waals surface area contributed by atoms with Crippen LogP contribution in [0.1, 0.15) is 38.4 Å². The van der Waals surface area contributed by atoms with Crippen LogP contribution in [0.3, 0.4) is 0 Å². The highest BCUT2D eigenvalue weighted by molar-refractivity contribution is 6.06. The van der Waals surface area contributed by atoms with E-state index in [9.17, 15) is 26.7 Å². The minimum Gasteiger partial charge on any atom is -0.319 e. The summed E-state index contributed by atoms with van der Waals surface area (Å²) < 4.78 is 69.3. The smallest absolute Gasteiger partial charge is 0.256 e. The molecule has 0 saturated carbocycles. The first kappa shape index (κ1) is 21.5. The monoisotopic (exact) mass is 423 g/mol. The van der Waals surface area contributed by atoms with Gasteiger partial charge in [-0.15, -0.1) is 0 Å². The Hall–Kier alpha value is -3.23. The molecule has 3 rings (SSSR count). The van der Waals surface area contributed by atoms with Crippen molar-refractivity contribution in [1.29, 1.82) is 0 Å². The van der Waals surface area contributed by atoms with E-state index in [1.54, 1.807) is 26.0 Å². The second-order valence-electron chi connectivity index (χ2n) is 7.02. The molecule has 3 aromatic rings. The van der Waals surface area contributed by atoms with Crippen LogP contribution in [0.5, 0.6) is 0 Å². The molecule has 1 heterocycles. The summed E-state index contributed by atoms with van der Waals surface area (Å²) >= 11 is 0. The zero-order valence-corrected chi connectivity index (χ0v) is 16.6. The van der Waals surface area contributed by atoms with Crippen molar-refractivity contribution >= 4 is 11.6 Å². The Bertz CT molecular complexity index is 1140. The van der Waals surface area contributed by atoms with Gasteiger partial charge in [0, 0.05) is 5.56 Å². The largest absolute Gasteiger partial charge is 0.319 e. The van der Waals surface area contributed by atoms with Crippen LogP contribution in [-0.2, 0) is 6.54 Å². The van der Waals surface area contributed by atoms with E-state index in [0.29, 0.717) is 22.6 Å². The molecule has 1 N–H and O–H groups in total. The molecule has 30 heavy (non-hydrogen) atoms. The zero-order valence-electron chi connectivity index (χ0n) is 16.6. The summed E-state index contributed by atoms with van der Waals surface area (Å²) in [5.41, 5.74) is 2.00. The summed E-state index contributed by atoms with van der Waals surface area (Å²) in [4.78, 5) is 12.7. The summed E-state index contributed by atoms with van der Waals surface area (Å²) in [6, 6.07) is 5.38. The minimum absolute atomic E-state index is 0.296. The summed E-state index contributed by atoms with van der Waals surface area (Å²) in [7, 11) is 0. The van der Waals surface area contributed by atoms with Crippen molar-refractivity contribution in [2.45, 2.75) is 34.2 Å². The van der Waals surface area contributed by atoms with E-state index in [1.165, 1.54) is 6.92 Å². The van der Waals surface area contributed by atoms with Gasteiger partial charge in [0.25, 0.3) is 5.91 Å². The molecule has 2 aromatic carbocycles. The molecule has 0 spiro atoms. The molecule has 9 heteroatoms. The van der Waals surface area contributed by atoms with E-state index in [1.807, 2.05) is 13.0 Å². The maximum absolute atomic E-state index is 14.0. The maximum atomic E-state index is 14.0. The number of hydrogen-bond donors (Lipinski definition) is 1. The third-order valence-corrected chi connectivity index (χ3v) is 4.87. The number of halogens is 5. The van der Waals surface area contributed by atoms with Gasteiger partial charge in [0.15, 0.2) is 23.3 Å². The van der Waals surface area contributed by atoms with Crippen LogP contribution in [0.25, 0.3) is 0 Å². The Morgan fingerprint density at radius 2 is 1.50 bits per heavy atom. The Labute approximate surface area is 169 Å². The molecule has 1 aromatic heterocycles. The van der Waals surface area contributed by atoms with Gasteiger partial charge < -0.3 is 5.32 Å². The lowest BCUT2D eigenvalue weighted by Crippen LogP contribution is -2.15. The molecule has 0 unspecified atom stereocenters. The fraction of sp³-hybridized carbons (Fsp3) is 0.238. The van der Waals surface area contributed by atoms with E-state index >= 15 is 0 Å². The first-order chi connectivity index (χ1) is 14.0. The maximum Gasteiger partial charge on any atom is 0.256 e. The predicted molar refractivity (Wildman–Crippen MR) is 101 cm³/mol. The van der Waals surface area contributed by atoms with Crippen LogP contribution in [0.4, 0.5) is 27.6 Å². The van der Waals surface area contributed by atoms with E-state index in [-0.39, 0.29) is 0 Å². The van der Waals surface area contributed by atoms with Crippen molar-refractivity contribution in [3.05, 3.63) is 80.9 Å². The molecular formula is C21H18F5N3O. The highest BCUT2D eigenvalue weighted by atomic mass is 19.2. The topological polar surface area (TPSA) is 46.9 Å². The van der Waals surface area contributed by atoms with Crippen LogP contribution in [0, 0.1) is 56.8 Å². The molecule has 1 amide bonds. The number of benzene rings is 2. The van der Waals surface area contributed by atoms with Gasteiger partial charge in [-0.2, -0.15) is 5.10 Å². The Morgan fingerprint density at radius 3 is 2.10 bits per heavy atom. The Kier molecular flexibility index (Phi) is 5.65. The number of nitrogens with zero attached hydrogens (tertiary/aromatic N) is 2. The van der Waals surface area contributed by atoms with Crippen molar-refractivity contribution < 1.29 is 26.7 Å². The van der Waals surface area contributed by atoms with Gasteiger partial charge in [-0.25, -0.2) is 22.0 Å². The van der Waals surface area contributed by atoms with E-state index < -0.39 is 47.1 Å². The summed E-state index contributed by atoms with van der Waals surface area (Å²) in [5.74, 6) is -10.5. The SMILES string of the molecule is Cc1ccc(C)c(C(=O)Nc2c(C)nn(Cc3c(F)c(F)c(F)c(F)c3F)c2C)c1. The van der Waals surface area contributed by atoms with E-state index in [2.05, 4.69) is 10.4 Å². The number of anilines is 1. The average Bonchev–Trinajstić information content (AvgIpc) is 2.97. The number of carbonyl (C=O) groups is 1. The van der Waals surface area contributed by atoms with E-state index in [0.717, 1.165) is 15.8 Å². The van der Waals surface area contributed by atoms with Crippen LogP contribution >= 0.6 is 0 Å². The number of aryl methyl sites for hydroxylation is 3. The highest BCUT2D eigenvalue weighted by Crippen LogP contribution is 2.26. The molecular weight excluding hydrogens is 405 g/mol. The average molecular weight is 423 g/mol. The number of rotatable bonds is 4. The molecule has 0 aliphatic heterocycles. The molecule has 158 valence electrons. The lowest BCUT2D eigenvalue weighted by molar-refractivity contribution is 0.102. The van der Waals surface area contributed by atoms with Gasteiger partial charge >= 0.3 is 0 Å². The third-order valence-electron chi connectivity index (χ3n) is 4.87. The quantitative estimate of drug-likeness (QED) is 0.360. The lowest BCUT2D eigenvalue weighted by atomic mass is 10.0. The Morgan fingerprint density at radius 1 is 0.933 bits per heavy atom. The first-order valence-electron chi connectivity index (χ1n) is 8.95. The van der Waals surface area contributed by atoms with Gasteiger partial charge in [-0.1, -0.05) is 17.7 Å². The van der Waals surface area contributed by atoms with Crippen molar-refractivity contribution in [2.24, 2.45) is 0 Å². The summed E-state index contributed by atoms with van der Waals surface area (Å²) in [5, 5.41) is 6.80. The number of nitrogens with one attached hydrogen (secondary N) is 1. The molecule has 0 fully saturated rings. The number of carbonyl (C=O) groups excluding carboxylic acids is 1. The molecule has 4 nitrogen and oxygen atoms in total. The van der Waals surface area contributed by atoms with Gasteiger partial charge in [0.2, 0.25) is 5.82 Å². The number of amides is 1. The van der Waals surface area contributed by atoms with Gasteiger partial charge in [0.1, 0.15) is 0 Å². The number of aromatic nitrogens is 2. The van der Waals surface area contributed by atoms with Gasteiger partial charge in [-0.3, -0.25) is 9.48 Å². The highest BCUT2D eigenvalue weighted by Gasteiger charge is 2.27. The second-order valence-corrected chi connectivity index (χ2v) is 7.02. The molecule has 0 aliphatic rings. The molecule has 0 saturated heterocycles. The van der Waals surface area contributed by atoms with Crippen LogP contribution in [0.2, 0.25) is 0 Å². The lowest BCUT2D eigenvalue weighted by Gasteiger charge is -2.11. The summed E-state index contributed by atoms with van der Waals surface area (Å²) in [6.45, 7) is 6.00. The Balaban J connectivity index is 1.96. The van der Waals surface area contributed by atoms with Crippen LogP contribution in [-0.4, -0.2) is 15.7 Å². The first-order valence-corrected chi connectivity index (χ1v) is 8.95. The van der Waals surface area contributed by atoms with Crippen LogP contribution in [0.15, 0.2) is 18.2 Å². The fourth-order valence-electron chi connectivity index (χ4n) is 3.13. The van der Waals surface area contributed by atoms with Crippen molar-refractivity contribution in [3.63, 3.8) is 0 Å². The van der Waals surface area contributed by atoms with Gasteiger partial charge in [0.05, 0.1) is 29.2 Å². The van der Waals surface area contributed by atoms with Gasteiger partial charge in [-0.05, 0) is 39.3 Å². The third kappa shape index (κ3) is 3.67. The molecule has 0 atom stereocenters. The van der Waals surface area contributed by atoms with Crippen molar-refractivity contribution in [1.82, 2.24) is 9.78 Å². The summed E-state index contributed by atoms with van der Waals surface area (Å²) in [6.07, 6.45) is 0. The minimum atomic E-state index is -2.22. The molecule has 0 aliphatic carbocycles. The molecule has 0 bridgehead atoms. The molecule has 0 radical (unpaired) electrons. The number of hydrogen-bond acceptors (Lipinski definition) is 2. The standard InChI is InChI=1S/C21H18F5N3O/c1-9-5-6-10(2)13(7-9)21(30)27-20-11(3)28-29(12(20)4)8-14-15(22)17(24)19(26)18(25)16(14)23/h5-7H,8H2,1-4H3,(H,27,30). The zero-order chi connectivity index (χ0) is 22.3. The normalized spacial score (nSPS) is 11.1. The van der Waals surface area contributed by atoms with Crippen molar-refractivity contribution in [2.75, 3.05) is 5.32 Å². The van der Waals surface area contributed by atoms with E-state index in [4.69, 9.17) is 0 Å². The van der Waals surface area contributed by atoms with Crippen LogP contribution < -0.4 is 5.32 Å². The fourth-order valence-corrected chi connectivity index (χ4v) is 3.13. The predicted octanol–water partition coefficient (Wildman–Crippen LogP) is 5.11. The second kappa shape index (κ2) is 7.89. The van der Waals surface area contributed by atoms with Crippen molar-refractivity contribution in [3.8, 4) is 0 Å².